The number of aromatic nitrogens is 1. The van der Waals surface area contributed by atoms with Crippen LogP contribution in [0.2, 0.25) is 0 Å². The minimum atomic E-state index is 0.628. The first-order valence-corrected chi connectivity index (χ1v) is 5.02. The van der Waals surface area contributed by atoms with Crippen molar-refractivity contribution in [1.82, 2.24) is 5.16 Å². The highest BCUT2D eigenvalue weighted by molar-refractivity contribution is 5.49. The minimum Gasteiger partial charge on any atom is -0.381 e. The first-order chi connectivity index (χ1) is 6.77. The van der Waals surface area contributed by atoms with Crippen molar-refractivity contribution in [2.45, 2.75) is 20.3 Å². The Morgan fingerprint density at radius 2 is 2.36 bits per heavy atom. The third-order valence-electron chi connectivity index (χ3n) is 2.62. The zero-order chi connectivity index (χ0) is 9.97. The van der Waals surface area contributed by atoms with Gasteiger partial charge in [-0.25, -0.2) is 0 Å². The number of nitrogens with zero attached hydrogens (tertiary/aromatic N) is 1. The van der Waals surface area contributed by atoms with Gasteiger partial charge in [0, 0.05) is 19.1 Å². The number of aryl methyl sites for hydroxylation is 2. The van der Waals surface area contributed by atoms with E-state index in [1.165, 1.54) is 0 Å². The maximum atomic E-state index is 5.31. The number of rotatable bonds is 3. The fourth-order valence-corrected chi connectivity index (χ4v) is 1.73. The molecule has 0 spiro atoms. The summed E-state index contributed by atoms with van der Waals surface area (Å²) in [5.74, 6) is 1.49. The number of anilines is 1. The molecule has 1 aliphatic rings. The van der Waals surface area contributed by atoms with Gasteiger partial charge in [0.1, 0.15) is 11.4 Å². The van der Waals surface area contributed by atoms with Crippen molar-refractivity contribution in [3.63, 3.8) is 0 Å². The van der Waals surface area contributed by atoms with Crippen LogP contribution in [-0.2, 0) is 4.74 Å². The topological polar surface area (TPSA) is 47.3 Å². The number of hydrogen-bond donors (Lipinski definition) is 1. The lowest BCUT2D eigenvalue weighted by Crippen LogP contribution is -2.14. The van der Waals surface area contributed by atoms with Gasteiger partial charge in [-0.1, -0.05) is 5.16 Å². The first-order valence-electron chi connectivity index (χ1n) is 5.02. The molecule has 0 amide bonds. The van der Waals surface area contributed by atoms with Gasteiger partial charge in [0.25, 0.3) is 0 Å². The smallest absolute Gasteiger partial charge is 0.156 e. The molecule has 1 aliphatic heterocycles. The van der Waals surface area contributed by atoms with Crippen LogP contribution >= 0.6 is 0 Å². The minimum absolute atomic E-state index is 0.628. The molecule has 0 bridgehead atoms. The van der Waals surface area contributed by atoms with Crippen LogP contribution < -0.4 is 5.32 Å². The van der Waals surface area contributed by atoms with Gasteiger partial charge in [0.2, 0.25) is 0 Å². The Hall–Kier alpha value is -1.03. The Labute approximate surface area is 83.6 Å². The molecule has 1 N–H and O–H groups in total. The van der Waals surface area contributed by atoms with Crippen LogP contribution in [0.5, 0.6) is 0 Å². The van der Waals surface area contributed by atoms with Crippen molar-refractivity contribution in [1.29, 1.82) is 0 Å². The van der Waals surface area contributed by atoms with E-state index >= 15 is 0 Å². The predicted molar refractivity (Wildman–Crippen MR) is 53.4 cm³/mol. The Bertz CT molecular complexity index is 284. The summed E-state index contributed by atoms with van der Waals surface area (Å²) in [6.07, 6.45) is 1.15. The second-order valence-electron chi connectivity index (χ2n) is 3.81. The molecule has 1 atom stereocenters. The van der Waals surface area contributed by atoms with E-state index < -0.39 is 0 Å². The lowest BCUT2D eigenvalue weighted by molar-refractivity contribution is 0.187. The SMILES string of the molecule is Cc1noc(C)c1NCC1CCOC1. The molecule has 0 radical (unpaired) electrons. The van der Waals surface area contributed by atoms with Gasteiger partial charge >= 0.3 is 0 Å². The summed E-state index contributed by atoms with van der Waals surface area (Å²) in [6, 6.07) is 0. The molecule has 1 saturated heterocycles. The molecule has 1 fully saturated rings. The molecule has 4 nitrogen and oxygen atoms in total. The van der Waals surface area contributed by atoms with Crippen LogP contribution in [0, 0.1) is 19.8 Å². The van der Waals surface area contributed by atoms with E-state index in [2.05, 4.69) is 10.5 Å². The number of ether oxygens (including phenoxy) is 1. The highest BCUT2D eigenvalue weighted by atomic mass is 16.5. The summed E-state index contributed by atoms with van der Waals surface area (Å²) in [5, 5.41) is 7.26. The number of nitrogens with one attached hydrogen (secondary N) is 1. The molecular weight excluding hydrogens is 180 g/mol. The molecular formula is C10H16N2O2. The van der Waals surface area contributed by atoms with Crippen molar-refractivity contribution in [2.24, 2.45) is 5.92 Å². The van der Waals surface area contributed by atoms with Crippen molar-refractivity contribution in [3.05, 3.63) is 11.5 Å². The highest BCUT2D eigenvalue weighted by Crippen LogP contribution is 2.20. The molecule has 2 rings (SSSR count). The van der Waals surface area contributed by atoms with E-state index in [0.29, 0.717) is 5.92 Å². The van der Waals surface area contributed by atoms with Gasteiger partial charge in [-0.2, -0.15) is 0 Å². The van der Waals surface area contributed by atoms with E-state index in [-0.39, 0.29) is 0 Å². The van der Waals surface area contributed by atoms with E-state index in [4.69, 9.17) is 9.26 Å². The summed E-state index contributed by atoms with van der Waals surface area (Å²) < 4.78 is 10.4. The maximum Gasteiger partial charge on any atom is 0.156 e. The summed E-state index contributed by atoms with van der Waals surface area (Å²) in [7, 11) is 0. The largest absolute Gasteiger partial charge is 0.381 e. The summed E-state index contributed by atoms with van der Waals surface area (Å²) in [5.41, 5.74) is 1.97. The summed E-state index contributed by atoms with van der Waals surface area (Å²) >= 11 is 0. The van der Waals surface area contributed by atoms with Crippen LogP contribution in [0.4, 0.5) is 5.69 Å². The zero-order valence-electron chi connectivity index (χ0n) is 8.67. The Kier molecular flexibility index (Phi) is 2.72. The van der Waals surface area contributed by atoms with Gasteiger partial charge in [0.15, 0.2) is 5.76 Å². The van der Waals surface area contributed by atoms with E-state index in [1.807, 2.05) is 13.8 Å². The van der Waals surface area contributed by atoms with Gasteiger partial charge in [-0.3, -0.25) is 0 Å². The molecule has 0 aromatic carbocycles. The lowest BCUT2D eigenvalue weighted by Gasteiger charge is -2.09. The first kappa shape index (κ1) is 9.52. The average molecular weight is 196 g/mol. The van der Waals surface area contributed by atoms with Crippen LogP contribution in [0.25, 0.3) is 0 Å². The van der Waals surface area contributed by atoms with Crippen molar-refractivity contribution in [2.75, 3.05) is 25.1 Å². The maximum absolute atomic E-state index is 5.31. The molecule has 0 saturated carbocycles. The molecule has 1 aromatic heterocycles. The van der Waals surface area contributed by atoms with Gasteiger partial charge < -0.3 is 14.6 Å². The van der Waals surface area contributed by atoms with Gasteiger partial charge in [-0.15, -0.1) is 0 Å². The fourth-order valence-electron chi connectivity index (χ4n) is 1.73. The second kappa shape index (κ2) is 4.00. The second-order valence-corrected chi connectivity index (χ2v) is 3.81. The average Bonchev–Trinajstić information content (AvgIpc) is 2.76. The van der Waals surface area contributed by atoms with Gasteiger partial charge in [0.05, 0.1) is 6.61 Å². The van der Waals surface area contributed by atoms with Crippen LogP contribution in [0.1, 0.15) is 17.9 Å². The van der Waals surface area contributed by atoms with Crippen LogP contribution in [-0.4, -0.2) is 24.9 Å². The Balaban J connectivity index is 1.90. The lowest BCUT2D eigenvalue weighted by atomic mass is 10.1. The Morgan fingerprint density at radius 1 is 1.50 bits per heavy atom. The van der Waals surface area contributed by atoms with E-state index in [0.717, 1.165) is 43.3 Å². The van der Waals surface area contributed by atoms with Crippen molar-refractivity contribution in [3.8, 4) is 0 Å². The molecule has 1 aromatic rings. The molecule has 2 heterocycles. The standard InChI is InChI=1S/C10H16N2O2/c1-7-10(8(2)14-12-7)11-5-9-3-4-13-6-9/h9,11H,3-6H2,1-2H3. The van der Waals surface area contributed by atoms with Crippen LogP contribution in [0.3, 0.4) is 0 Å². The zero-order valence-corrected chi connectivity index (χ0v) is 8.67. The molecule has 14 heavy (non-hydrogen) atoms. The molecule has 1 unspecified atom stereocenters. The van der Waals surface area contributed by atoms with Crippen LogP contribution in [0.15, 0.2) is 4.52 Å². The third-order valence-corrected chi connectivity index (χ3v) is 2.62. The number of hydrogen-bond acceptors (Lipinski definition) is 4. The summed E-state index contributed by atoms with van der Waals surface area (Å²) in [6.45, 7) is 6.59. The molecule has 0 aliphatic carbocycles. The fraction of sp³-hybridized carbons (Fsp3) is 0.700. The molecule has 4 heteroatoms. The normalized spacial score (nSPS) is 21.4. The Morgan fingerprint density at radius 3 is 2.93 bits per heavy atom. The van der Waals surface area contributed by atoms with Crippen molar-refractivity contribution < 1.29 is 9.26 Å². The highest BCUT2D eigenvalue weighted by Gasteiger charge is 2.16. The third kappa shape index (κ3) is 1.90. The van der Waals surface area contributed by atoms with E-state index in [9.17, 15) is 0 Å². The van der Waals surface area contributed by atoms with Gasteiger partial charge in [-0.05, 0) is 20.3 Å². The summed E-state index contributed by atoms with van der Waals surface area (Å²) in [4.78, 5) is 0. The van der Waals surface area contributed by atoms with Crippen molar-refractivity contribution >= 4 is 5.69 Å². The quantitative estimate of drug-likeness (QED) is 0.800. The monoisotopic (exact) mass is 196 g/mol. The molecule has 78 valence electrons. The predicted octanol–water partition coefficient (Wildman–Crippen LogP) is 1.74. The van der Waals surface area contributed by atoms with E-state index in [1.54, 1.807) is 0 Å².